The first-order chi connectivity index (χ1) is 12.8. The summed E-state index contributed by atoms with van der Waals surface area (Å²) in [7, 11) is 0. The Bertz CT molecular complexity index is 1220. The molecule has 0 spiro atoms. The molecule has 0 radical (unpaired) electrons. The minimum Gasteiger partial charge on any atom is -0.248 e. The molecule has 2 aromatic heterocycles. The van der Waals surface area contributed by atoms with Crippen LogP contribution in [-0.4, -0.2) is 4.98 Å². The summed E-state index contributed by atoms with van der Waals surface area (Å²) in [6.07, 6.45) is 0. The normalized spacial score (nSPS) is 11.3. The third-order valence-corrected chi connectivity index (χ3v) is 5.97. The Morgan fingerprint density at radius 3 is 2.42 bits per heavy atom. The molecule has 0 fully saturated rings. The van der Waals surface area contributed by atoms with Gasteiger partial charge in [0.15, 0.2) is 0 Å². The highest BCUT2D eigenvalue weighted by Crippen LogP contribution is 2.40. The second-order valence-corrected chi connectivity index (χ2v) is 7.62. The van der Waals surface area contributed by atoms with Crippen LogP contribution in [-0.2, 0) is 0 Å². The summed E-state index contributed by atoms with van der Waals surface area (Å²) in [6, 6.07) is 30.0. The van der Waals surface area contributed by atoms with E-state index in [0.717, 1.165) is 11.2 Å². The molecule has 124 valence electrons. The molecule has 2 heterocycles. The number of nitrogens with zero attached hydrogens (tertiary/aromatic N) is 1. The van der Waals surface area contributed by atoms with Gasteiger partial charge in [0.2, 0.25) is 0 Å². The average Bonchev–Trinajstić information content (AvgIpc) is 3.11. The zero-order valence-electron chi connectivity index (χ0n) is 14.4. The summed E-state index contributed by atoms with van der Waals surface area (Å²) in [6.45, 7) is 2.17. The Balaban J connectivity index is 1.75. The smallest absolute Gasteiger partial charge is 0.0718 e. The number of fused-ring (bicyclic) bond motifs is 2. The topological polar surface area (TPSA) is 12.9 Å². The molecule has 5 rings (SSSR count). The minimum absolute atomic E-state index is 1.04. The van der Waals surface area contributed by atoms with Gasteiger partial charge in [-0.05, 0) is 42.1 Å². The lowest BCUT2D eigenvalue weighted by molar-refractivity contribution is 1.36. The monoisotopic (exact) mass is 351 g/mol. The van der Waals surface area contributed by atoms with E-state index < -0.39 is 0 Å². The molecule has 0 atom stereocenters. The van der Waals surface area contributed by atoms with Gasteiger partial charge in [-0.1, -0.05) is 60.7 Å². The van der Waals surface area contributed by atoms with Crippen molar-refractivity contribution in [2.24, 2.45) is 0 Å². The van der Waals surface area contributed by atoms with E-state index in [9.17, 15) is 0 Å². The molecule has 0 unspecified atom stereocenters. The molecule has 0 saturated carbocycles. The summed E-state index contributed by atoms with van der Waals surface area (Å²) in [5.41, 5.74) is 5.81. The number of aromatic nitrogens is 1. The van der Waals surface area contributed by atoms with E-state index in [2.05, 4.69) is 85.8 Å². The fraction of sp³-hybridized carbons (Fsp3) is 0.0417. The first-order valence-corrected chi connectivity index (χ1v) is 9.56. The van der Waals surface area contributed by atoms with Gasteiger partial charge < -0.3 is 0 Å². The summed E-state index contributed by atoms with van der Waals surface area (Å²) < 4.78 is 1.32. The van der Waals surface area contributed by atoms with Crippen molar-refractivity contribution in [3.63, 3.8) is 0 Å². The third-order valence-electron chi connectivity index (χ3n) is 4.82. The van der Waals surface area contributed by atoms with Crippen LogP contribution >= 0.6 is 11.3 Å². The molecule has 5 aromatic rings. The second-order valence-electron chi connectivity index (χ2n) is 6.54. The SMILES string of the molecule is Cc1cccc(-c2cc3ccccc3s2)c1-c1ccc2ccccc2n1. The van der Waals surface area contributed by atoms with Crippen LogP contribution in [0.15, 0.2) is 84.9 Å². The van der Waals surface area contributed by atoms with Crippen molar-refractivity contribution in [1.29, 1.82) is 0 Å². The Hall–Kier alpha value is -2.97. The van der Waals surface area contributed by atoms with E-state index in [1.807, 2.05) is 17.4 Å². The fourth-order valence-corrected chi connectivity index (χ4v) is 4.63. The lowest BCUT2D eigenvalue weighted by Crippen LogP contribution is -1.91. The van der Waals surface area contributed by atoms with Crippen LogP contribution in [0.25, 0.3) is 42.7 Å². The van der Waals surface area contributed by atoms with Crippen LogP contribution in [0.4, 0.5) is 0 Å². The summed E-state index contributed by atoms with van der Waals surface area (Å²) in [4.78, 5) is 6.24. The van der Waals surface area contributed by atoms with Crippen molar-refractivity contribution in [2.75, 3.05) is 0 Å². The van der Waals surface area contributed by atoms with E-state index in [1.54, 1.807) is 0 Å². The molecule has 1 nitrogen and oxygen atoms in total. The van der Waals surface area contributed by atoms with Gasteiger partial charge in [0.1, 0.15) is 0 Å². The van der Waals surface area contributed by atoms with Gasteiger partial charge in [-0.25, -0.2) is 4.98 Å². The van der Waals surface area contributed by atoms with Crippen LogP contribution < -0.4 is 0 Å². The molecule has 0 aliphatic heterocycles. The molecule has 3 aromatic carbocycles. The Labute approximate surface area is 156 Å². The van der Waals surface area contributed by atoms with Gasteiger partial charge in [0.25, 0.3) is 0 Å². The van der Waals surface area contributed by atoms with E-state index in [-0.39, 0.29) is 0 Å². The molecule has 2 heteroatoms. The van der Waals surface area contributed by atoms with Crippen molar-refractivity contribution in [3.8, 4) is 21.7 Å². The highest BCUT2D eigenvalue weighted by Gasteiger charge is 2.14. The number of hydrogen-bond acceptors (Lipinski definition) is 2. The number of para-hydroxylation sites is 1. The number of hydrogen-bond donors (Lipinski definition) is 0. The number of thiophene rings is 1. The average molecular weight is 351 g/mol. The van der Waals surface area contributed by atoms with E-state index in [0.29, 0.717) is 0 Å². The molecule has 0 saturated heterocycles. The van der Waals surface area contributed by atoms with Crippen LogP contribution in [0.3, 0.4) is 0 Å². The summed E-state index contributed by atoms with van der Waals surface area (Å²) in [5.74, 6) is 0. The summed E-state index contributed by atoms with van der Waals surface area (Å²) >= 11 is 1.84. The lowest BCUT2D eigenvalue weighted by atomic mass is 9.97. The molecular weight excluding hydrogens is 334 g/mol. The number of benzene rings is 3. The van der Waals surface area contributed by atoms with E-state index in [4.69, 9.17) is 4.98 Å². The van der Waals surface area contributed by atoms with Gasteiger partial charge in [0, 0.05) is 26.1 Å². The predicted molar refractivity (Wildman–Crippen MR) is 113 cm³/mol. The van der Waals surface area contributed by atoms with Crippen molar-refractivity contribution < 1.29 is 0 Å². The number of aryl methyl sites for hydroxylation is 1. The van der Waals surface area contributed by atoms with Gasteiger partial charge >= 0.3 is 0 Å². The predicted octanol–water partition coefficient (Wildman–Crippen LogP) is 7.09. The molecular formula is C24H17NS. The van der Waals surface area contributed by atoms with Gasteiger partial charge in [0.05, 0.1) is 11.2 Å². The molecule has 0 amide bonds. The van der Waals surface area contributed by atoms with E-state index >= 15 is 0 Å². The van der Waals surface area contributed by atoms with Crippen LogP contribution in [0.2, 0.25) is 0 Å². The highest BCUT2D eigenvalue weighted by atomic mass is 32.1. The van der Waals surface area contributed by atoms with Crippen molar-refractivity contribution in [1.82, 2.24) is 4.98 Å². The molecule has 0 bridgehead atoms. The number of pyridine rings is 1. The van der Waals surface area contributed by atoms with Crippen molar-refractivity contribution in [3.05, 3.63) is 90.5 Å². The van der Waals surface area contributed by atoms with Crippen molar-refractivity contribution >= 4 is 32.3 Å². The van der Waals surface area contributed by atoms with Crippen molar-refractivity contribution in [2.45, 2.75) is 6.92 Å². The van der Waals surface area contributed by atoms with Crippen LogP contribution in [0, 0.1) is 6.92 Å². The quantitative estimate of drug-likeness (QED) is 0.331. The maximum atomic E-state index is 4.95. The first-order valence-electron chi connectivity index (χ1n) is 8.74. The van der Waals surface area contributed by atoms with Crippen LogP contribution in [0.5, 0.6) is 0 Å². The molecule has 0 aliphatic rings. The molecule has 26 heavy (non-hydrogen) atoms. The molecule has 0 N–H and O–H groups in total. The summed E-state index contributed by atoms with van der Waals surface area (Å²) in [5, 5.41) is 2.47. The maximum absolute atomic E-state index is 4.95. The molecule has 0 aliphatic carbocycles. The fourth-order valence-electron chi connectivity index (χ4n) is 3.53. The second kappa shape index (κ2) is 6.08. The lowest BCUT2D eigenvalue weighted by Gasteiger charge is -2.12. The Kier molecular flexibility index (Phi) is 3.58. The standard InChI is InChI=1S/C24H17NS/c1-16-7-6-10-19(23-15-18-9-3-5-12-22(18)26-23)24(16)21-14-13-17-8-2-4-11-20(17)25-21/h2-15H,1H3. The maximum Gasteiger partial charge on any atom is 0.0718 e. The highest BCUT2D eigenvalue weighted by molar-refractivity contribution is 7.22. The Morgan fingerprint density at radius 2 is 1.54 bits per heavy atom. The van der Waals surface area contributed by atoms with E-state index in [1.165, 1.54) is 37.0 Å². The number of rotatable bonds is 2. The third kappa shape index (κ3) is 2.51. The zero-order chi connectivity index (χ0) is 17.5. The van der Waals surface area contributed by atoms with Crippen LogP contribution in [0.1, 0.15) is 5.56 Å². The largest absolute Gasteiger partial charge is 0.248 e. The first kappa shape index (κ1) is 15.3. The van der Waals surface area contributed by atoms with Gasteiger partial charge in [-0.15, -0.1) is 11.3 Å². The van der Waals surface area contributed by atoms with Gasteiger partial charge in [-0.2, -0.15) is 0 Å². The minimum atomic E-state index is 1.04. The zero-order valence-corrected chi connectivity index (χ0v) is 15.3. The van der Waals surface area contributed by atoms with Gasteiger partial charge in [-0.3, -0.25) is 0 Å². The Morgan fingerprint density at radius 1 is 0.731 bits per heavy atom.